The molecule has 1 aromatic heterocycles. The van der Waals surface area contributed by atoms with Gasteiger partial charge in [0.2, 0.25) is 5.91 Å². The van der Waals surface area contributed by atoms with E-state index in [1.165, 1.54) is 0 Å². The van der Waals surface area contributed by atoms with Gasteiger partial charge in [-0.25, -0.2) is 4.79 Å². The smallest absolute Gasteiger partial charge is 0.432 e. The van der Waals surface area contributed by atoms with Crippen LogP contribution in [-0.4, -0.2) is 45.3 Å². The van der Waals surface area contributed by atoms with E-state index in [2.05, 4.69) is 10.3 Å². The summed E-state index contributed by atoms with van der Waals surface area (Å²) in [7, 11) is 0. The highest BCUT2D eigenvalue weighted by molar-refractivity contribution is 5.85. The van der Waals surface area contributed by atoms with Crippen LogP contribution in [0.15, 0.2) is 48.7 Å². The number of ether oxygens (including phenoxy) is 1. The fourth-order valence-corrected chi connectivity index (χ4v) is 2.74. The molecular weight excluding hydrogens is 398 g/mol. The molecule has 8 heteroatoms. The maximum absolute atomic E-state index is 12.7. The van der Waals surface area contributed by atoms with Crippen LogP contribution in [0.25, 0.3) is 0 Å². The molecule has 1 heterocycles. The lowest BCUT2D eigenvalue weighted by Crippen LogP contribution is -2.52. The van der Waals surface area contributed by atoms with E-state index in [-0.39, 0.29) is 6.42 Å². The molecule has 2 amide bonds. The van der Waals surface area contributed by atoms with Gasteiger partial charge in [0, 0.05) is 18.7 Å². The van der Waals surface area contributed by atoms with Crippen LogP contribution in [0.1, 0.15) is 45.4 Å². The molecule has 0 aliphatic carbocycles. The van der Waals surface area contributed by atoms with Crippen molar-refractivity contribution in [1.82, 2.24) is 15.4 Å². The molecule has 2 rings (SSSR count). The second-order valence-electron chi connectivity index (χ2n) is 8.08. The maximum atomic E-state index is 12.7. The van der Waals surface area contributed by atoms with Crippen LogP contribution >= 0.6 is 0 Å². The Morgan fingerprint density at radius 3 is 2.42 bits per heavy atom. The number of hydroxylamine groups is 2. The monoisotopic (exact) mass is 429 g/mol. The van der Waals surface area contributed by atoms with E-state index in [0.29, 0.717) is 29.7 Å². The number of benzene rings is 1. The van der Waals surface area contributed by atoms with Crippen LogP contribution in [0, 0.1) is 0 Å². The first-order valence-corrected chi connectivity index (χ1v) is 10.3. The van der Waals surface area contributed by atoms with E-state index in [9.17, 15) is 14.7 Å². The first kappa shape index (κ1) is 24.1. The van der Waals surface area contributed by atoms with E-state index in [1.807, 2.05) is 37.3 Å². The van der Waals surface area contributed by atoms with Crippen LogP contribution in [0.4, 0.5) is 4.79 Å². The molecule has 0 aliphatic heterocycles. The van der Waals surface area contributed by atoms with Gasteiger partial charge in [0.25, 0.3) is 0 Å². The number of rotatable bonds is 10. The van der Waals surface area contributed by atoms with Gasteiger partial charge in [0.15, 0.2) is 0 Å². The molecule has 0 saturated heterocycles. The van der Waals surface area contributed by atoms with E-state index in [0.717, 1.165) is 12.0 Å². The van der Waals surface area contributed by atoms with Gasteiger partial charge in [-0.3, -0.25) is 14.6 Å². The van der Waals surface area contributed by atoms with Crippen LogP contribution in [-0.2, 0) is 22.7 Å². The molecule has 1 unspecified atom stereocenters. The second-order valence-corrected chi connectivity index (χ2v) is 8.08. The topological polar surface area (TPSA) is 101 Å². The Balaban J connectivity index is 2.13. The summed E-state index contributed by atoms with van der Waals surface area (Å²) in [6, 6.07) is 12.2. The van der Waals surface area contributed by atoms with Gasteiger partial charge >= 0.3 is 6.09 Å². The molecular formula is C23H31N3O5. The average Bonchev–Trinajstić information content (AvgIpc) is 2.73. The summed E-state index contributed by atoms with van der Waals surface area (Å²) in [6.45, 7) is 7.95. The number of carbonyl (C=O) groups is 2. The first-order valence-electron chi connectivity index (χ1n) is 10.3. The van der Waals surface area contributed by atoms with Gasteiger partial charge in [0.1, 0.15) is 18.4 Å². The molecule has 168 valence electrons. The largest absolute Gasteiger partial charge is 0.487 e. The third-order valence-electron chi connectivity index (χ3n) is 4.14. The molecule has 8 nitrogen and oxygen atoms in total. The van der Waals surface area contributed by atoms with Crippen molar-refractivity contribution in [3.05, 3.63) is 59.9 Å². The summed E-state index contributed by atoms with van der Waals surface area (Å²) >= 11 is 0. The lowest BCUT2D eigenvalue weighted by molar-refractivity contribution is -0.221. The Kier molecular flexibility index (Phi) is 8.81. The fraction of sp³-hybridized carbons (Fsp3) is 0.435. The molecule has 1 atom stereocenters. The number of nitrogens with zero attached hydrogens (tertiary/aromatic N) is 2. The van der Waals surface area contributed by atoms with Gasteiger partial charge in [0.05, 0.1) is 11.8 Å². The van der Waals surface area contributed by atoms with Gasteiger partial charge in [-0.15, -0.1) is 0 Å². The van der Waals surface area contributed by atoms with Crippen LogP contribution < -0.4 is 10.1 Å². The van der Waals surface area contributed by atoms with Gasteiger partial charge in [-0.05, 0) is 44.9 Å². The number of amides is 2. The predicted octanol–water partition coefficient (Wildman–Crippen LogP) is 3.81. The van der Waals surface area contributed by atoms with Crippen molar-refractivity contribution in [2.45, 2.75) is 58.8 Å². The van der Waals surface area contributed by atoms with E-state index in [4.69, 9.17) is 9.57 Å². The number of nitrogens with one attached hydrogen (secondary N) is 1. The number of aromatic nitrogens is 1. The zero-order chi connectivity index (χ0) is 22.9. The fourth-order valence-electron chi connectivity index (χ4n) is 2.74. The first-order chi connectivity index (χ1) is 14.7. The normalized spacial score (nSPS) is 12.1. The lowest BCUT2D eigenvalue weighted by Gasteiger charge is -2.32. The predicted molar refractivity (Wildman–Crippen MR) is 117 cm³/mol. The van der Waals surface area contributed by atoms with Crippen molar-refractivity contribution in [3.8, 4) is 5.75 Å². The third-order valence-corrected chi connectivity index (χ3v) is 4.14. The Labute approximate surface area is 183 Å². The molecule has 31 heavy (non-hydrogen) atoms. The summed E-state index contributed by atoms with van der Waals surface area (Å²) in [5, 5.41) is 13.1. The lowest BCUT2D eigenvalue weighted by atomic mass is 10.1. The Hall–Kier alpha value is -3.13. The molecule has 0 radical (unpaired) electrons. The molecule has 0 aliphatic rings. The van der Waals surface area contributed by atoms with E-state index >= 15 is 0 Å². The van der Waals surface area contributed by atoms with Gasteiger partial charge in [-0.1, -0.05) is 37.3 Å². The van der Waals surface area contributed by atoms with Crippen molar-refractivity contribution >= 4 is 12.0 Å². The van der Waals surface area contributed by atoms with Crippen LogP contribution in [0.3, 0.4) is 0 Å². The molecule has 2 N–H and O–H groups in total. The number of carboxylic acid groups (broad SMARTS) is 1. The van der Waals surface area contributed by atoms with Gasteiger partial charge < -0.3 is 15.2 Å². The number of carbonyl (C=O) groups excluding carboxylic acids is 1. The summed E-state index contributed by atoms with van der Waals surface area (Å²) in [6.07, 6.45) is 1.03. The molecule has 0 saturated carbocycles. The summed E-state index contributed by atoms with van der Waals surface area (Å²) in [5.74, 6) is 0.153. The highest BCUT2D eigenvalue weighted by Gasteiger charge is 2.34. The minimum absolute atomic E-state index is 0.0664. The van der Waals surface area contributed by atoms with Crippen molar-refractivity contribution < 1.29 is 24.3 Å². The Morgan fingerprint density at radius 2 is 1.87 bits per heavy atom. The summed E-state index contributed by atoms with van der Waals surface area (Å²) < 4.78 is 5.73. The minimum atomic E-state index is -1.34. The Morgan fingerprint density at radius 1 is 1.16 bits per heavy atom. The van der Waals surface area contributed by atoms with Crippen LogP contribution in [0.5, 0.6) is 5.75 Å². The molecule has 2 aromatic rings. The molecule has 1 aromatic carbocycles. The number of pyridine rings is 1. The van der Waals surface area contributed by atoms with Crippen molar-refractivity contribution in [2.75, 3.05) is 6.54 Å². The van der Waals surface area contributed by atoms with Crippen LogP contribution in [0.2, 0.25) is 0 Å². The molecule has 0 fully saturated rings. The SMILES string of the molecule is CCCNC(=O)C(Cc1ccc(OCc2ccccc2)cn1)N(OC(C)(C)C)C(=O)O. The average molecular weight is 430 g/mol. The minimum Gasteiger partial charge on any atom is -0.487 e. The standard InChI is InChI=1S/C23H31N3O5/c1-5-13-24-21(27)20(26(22(28)29)31-23(2,3)4)14-18-11-12-19(15-25-18)30-16-17-9-7-6-8-10-17/h6-12,15,20H,5,13-14,16H2,1-4H3,(H,24,27)(H,28,29). The van der Waals surface area contributed by atoms with Crippen molar-refractivity contribution in [1.29, 1.82) is 0 Å². The van der Waals surface area contributed by atoms with Gasteiger partial charge in [-0.2, -0.15) is 5.06 Å². The Bertz CT molecular complexity index is 835. The summed E-state index contributed by atoms with van der Waals surface area (Å²) in [5.41, 5.74) is 0.799. The molecule has 0 bridgehead atoms. The van der Waals surface area contributed by atoms with E-state index in [1.54, 1.807) is 39.1 Å². The maximum Gasteiger partial charge on any atom is 0.432 e. The highest BCUT2D eigenvalue weighted by atomic mass is 16.7. The third kappa shape index (κ3) is 8.25. The number of hydrogen-bond donors (Lipinski definition) is 2. The number of hydrogen-bond acceptors (Lipinski definition) is 5. The second kappa shape index (κ2) is 11.3. The van der Waals surface area contributed by atoms with Crippen molar-refractivity contribution in [3.63, 3.8) is 0 Å². The van der Waals surface area contributed by atoms with E-state index < -0.39 is 23.6 Å². The molecule has 0 spiro atoms. The van der Waals surface area contributed by atoms with Crippen molar-refractivity contribution in [2.24, 2.45) is 0 Å². The summed E-state index contributed by atoms with van der Waals surface area (Å²) in [4.78, 5) is 34.5. The quantitative estimate of drug-likeness (QED) is 0.557. The zero-order valence-electron chi connectivity index (χ0n) is 18.5. The zero-order valence-corrected chi connectivity index (χ0v) is 18.5. The highest BCUT2D eigenvalue weighted by Crippen LogP contribution is 2.18.